The van der Waals surface area contributed by atoms with Crippen LogP contribution in [0.4, 0.5) is 5.69 Å². The van der Waals surface area contributed by atoms with Crippen LogP contribution in [0.15, 0.2) is 42.7 Å². The van der Waals surface area contributed by atoms with E-state index >= 15 is 0 Å². The molecule has 1 aromatic heterocycles. The van der Waals surface area contributed by atoms with Crippen molar-refractivity contribution in [3.63, 3.8) is 0 Å². The number of nitrogens with one attached hydrogen (secondary N) is 1. The molecule has 1 fully saturated rings. The monoisotopic (exact) mass is 329 g/mol. The number of hydrogen-bond donors (Lipinski definition) is 1. The smallest absolute Gasteiger partial charge is 0.265 e. The molecule has 2 unspecified atom stereocenters. The van der Waals surface area contributed by atoms with Crippen molar-refractivity contribution in [3.8, 4) is 5.75 Å². The fraction of sp³-hybridized carbons (Fsp3) is 0.444. The first-order chi connectivity index (χ1) is 11.7. The van der Waals surface area contributed by atoms with Crippen LogP contribution in [-0.4, -0.2) is 34.5 Å². The second-order valence-corrected chi connectivity index (χ2v) is 6.00. The first-order valence-corrected chi connectivity index (χ1v) is 8.37. The van der Waals surface area contributed by atoms with E-state index in [1.807, 2.05) is 41.2 Å². The second-order valence-electron chi connectivity index (χ2n) is 6.00. The first-order valence-electron chi connectivity index (χ1n) is 8.37. The summed E-state index contributed by atoms with van der Waals surface area (Å²) < 4.78 is 13.1. The normalized spacial score (nSPS) is 18.8. The van der Waals surface area contributed by atoms with Gasteiger partial charge in [-0.05, 0) is 38.3 Å². The molecule has 2 aromatic rings. The summed E-state index contributed by atoms with van der Waals surface area (Å²) in [6, 6.07) is 9.30. The highest BCUT2D eigenvalue weighted by Gasteiger charge is 2.17. The summed E-state index contributed by atoms with van der Waals surface area (Å²) in [6.45, 7) is 3.26. The first kappa shape index (κ1) is 16.5. The lowest BCUT2D eigenvalue weighted by Gasteiger charge is -2.22. The van der Waals surface area contributed by atoms with E-state index in [0.717, 1.165) is 19.4 Å². The molecular weight excluding hydrogens is 306 g/mol. The Hall–Kier alpha value is -2.34. The Balaban J connectivity index is 1.51. The van der Waals surface area contributed by atoms with Crippen LogP contribution in [0.25, 0.3) is 0 Å². The Morgan fingerprint density at radius 2 is 2.25 bits per heavy atom. The third kappa shape index (κ3) is 4.58. The van der Waals surface area contributed by atoms with Gasteiger partial charge in [-0.2, -0.15) is 5.10 Å². The quantitative estimate of drug-likeness (QED) is 0.885. The number of benzene rings is 1. The van der Waals surface area contributed by atoms with Crippen molar-refractivity contribution >= 4 is 11.6 Å². The van der Waals surface area contributed by atoms with Crippen LogP contribution in [0.2, 0.25) is 0 Å². The number of ether oxygens (including phenoxy) is 2. The lowest BCUT2D eigenvalue weighted by Crippen LogP contribution is -2.30. The van der Waals surface area contributed by atoms with Crippen molar-refractivity contribution in [2.24, 2.45) is 0 Å². The molecule has 0 bridgehead atoms. The Labute approximate surface area is 141 Å². The molecule has 1 saturated heterocycles. The molecule has 0 aliphatic carbocycles. The average Bonchev–Trinajstić information content (AvgIpc) is 3.03. The van der Waals surface area contributed by atoms with Crippen LogP contribution in [0.5, 0.6) is 5.75 Å². The highest BCUT2D eigenvalue weighted by Crippen LogP contribution is 2.16. The van der Waals surface area contributed by atoms with Crippen LogP contribution < -0.4 is 10.1 Å². The van der Waals surface area contributed by atoms with Crippen molar-refractivity contribution in [1.82, 2.24) is 9.78 Å². The lowest BCUT2D eigenvalue weighted by molar-refractivity contribution is -0.122. The molecule has 1 aliphatic heterocycles. The molecule has 6 nitrogen and oxygen atoms in total. The highest BCUT2D eigenvalue weighted by molar-refractivity contribution is 5.93. The molecule has 1 N–H and O–H groups in total. The number of rotatable bonds is 6. The maximum Gasteiger partial charge on any atom is 0.265 e. The summed E-state index contributed by atoms with van der Waals surface area (Å²) in [5, 5.41) is 7.12. The summed E-state index contributed by atoms with van der Waals surface area (Å²) in [5.74, 6) is 0.470. The second kappa shape index (κ2) is 7.97. The Morgan fingerprint density at radius 3 is 3.00 bits per heavy atom. The van der Waals surface area contributed by atoms with Gasteiger partial charge in [-0.3, -0.25) is 9.48 Å². The Bertz CT molecular complexity index is 651. The summed E-state index contributed by atoms with van der Waals surface area (Å²) in [7, 11) is 0. The molecule has 1 amide bonds. The molecule has 0 spiro atoms. The van der Waals surface area contributed by atoms with Crippen molar-refractivity contribution in [1.29, 1.82) is 0 Å². The Morgan fingerprint density at radius 1 is 1.42 bits per heavy atom. The number of amides is 1. The maximum absolute atomic E-state index is 12.2. The van der Waals surface area contributed by atoms with Gasteiger partial charge in [-0.1, -0.05) is 18.2 Å². The molecule has 2 atom stereocenters. The number of hydrogen-bond acceptors (Lipinski definition) is 4. The van der Waals surface area contributed by atoms with E-state index < -0.39 is 6.10 Å². The zero-order valence-corrected chi connectivity index (χ0v) is 13.9. The fourth-order valence-electron chi connectivity index (χ4n) is 2.69. The van der Waals surface area contributed by atoms with Crippen LogP contribution in [0, 0.1) is 0 Å². The van der Waals surface area contributed by atoms with Gasteiger partial charge in [0.15, 0.2) is 6.10 Å². The van der Waals surface area contributed by atoms with Crippen molar-refractivity contribution in [3.05, 3.63) is 42.7 Å². The molecule has 1 aliphatic rings. The SMILES string of the molecule is CC(Oc1ccccc1)C(=O)Nc1cnn(CC2CCCCO2)c1. The number of aromatic nitrogens is 2. The third-order valence-corrected chi connectivity index (χ3v) is 3.99. The van der Waals surface area contributed by atoms with E-state index in [1.54, 1.807) is 13.1 Å². The number of para-hydroxylation sites is 1. The molecule has 1 aromatic carbocycles. The third-order valence-electron chi connectivity index (χ3n) is 3.99. The highest BCUT2D eigenvalue weighted by atomic mass is 16.5. The van der Waals surface area contributed by atoms with Gasteiger partial charge in [0.1, 0.15) is 5.75 Å². The van der Waals surface area contributed by atoms with Gasteiger partial charge in [-0.25, -0.2) is 0 Å². The number of carbonyl (C=O) groups excluding carboxylic acids is 1. The largest absolute Gasteiger partial charge is 0.481 e. The number of carbonyl (C=O) groups is 1. The summed E-state index contributed by atoms with van der Waals surface area (Å²) in [5.41, 5.74) is 0.666. The van der Waals surface area contributed by atoms with E-state index in [9.17, 15) is 4.79 Å². The average molecular weight is 329 g/mol. The number of nitrogens with zero attached hydrogens (tertiary/aromatic N) is 2. The van der Waals surface area contributed by atoms with Crippen molar-refractivity contribution in [2.75, 3.05) is 11.9 Å². The maximum atomic E-state index is 12.2. The van der Waals surface area contributed by atoms with E-state index in [-0.39, 0.29) is 12.0 Å². The molecule has 6 heteroatoms. The van der Waals surface area contributed by atoms with Crippen LogP contribution >= 0.6 is 0 Å². The van der Waals surface area contributed by atoms with Gasteiger partial charge >= 0.3 is 0 Å². The fourth-order valence-corrected chi connectivity index (χ4v) is 2.69. The standard InChI is InChI=1S/C18H23N3O3/c1-14(24-16-7-3-2-4-8-16)18(22)20-15-11-19-21(12-15)13-17-9-5-6-10-23-17/h2-4,7-8,11-12,14,17H,5-6,9-10,13H2,1H3,(H,20,22). The van der Waals surface area contributed by atoms with Crippen LogP contribution in [-0.2, 0) is 16.1 Å². The Kier molecular flexibility index (Phi) is 5.48. The van der Waals surface area contributed by atoms with E-state index in [0.29, 0.717) is 18.0 Å². The van der Waals surface area contributed by atoms with Crippen LogP contribution in [0.3, 0.4) is 0 Å². The minimum atomic E-state index is -0.586. The van der Waals surface area contributed by atoms with Crippen LogP contribution in [0.1, 0.15) is 26.2 Å². The van der Waals surface area contributed by atoms with Gasteiger partial charge < -0.3 is 14.8 Å². The molecule has 24 heavy (non-hydrogen) atoms. The van der Waals surface area contributed by atoms with E-state index in [2.05, 4.69) is 10.4 Å². The predicted molar refractivity (Wildman–Crippen MR) is 91.0 cm³/mol. The number of anilines is 1. The summed E-state index contributed by atoms with van der Waals surface area (Å²) in [6.07, 6.45) is 6.49. The minimum absolute atomic E-state index is 0.202. The molecule has 3 rings (SSSR count). The molecule has 0 saturated carbocycles. The van der Waals surface area contributed by atoms with E-state index in [1.165, 1.54) is 6.42 Å². The summed E-state index contributed by atoms with van der Waals surface area (Å²) >= 11 is 0. The molecule has 2 heterocycles. The van der Waals surface area contributed by atoms with Gasteiger partial charge in [0.25, 0.3) is 5.91 Å². The van der Waals surface area contributed by atoms with Crippen molar-refractivity contribution < 1.29 is 14.3 Å². The van der Waals surface area contributed by atoms with Gasteiger partial charge in [-0.15, -0.1) is 0 Å². The van der Waals surface area contributed by atoms with Crippen molar-refractivity contribution in [2.45, 2.75) is 44.9 Å². The zero-order valence-electron chi connectivity index (χ0n) is 13.9. The van der Waals surface area contributed by atoms with E-state index in [4.69, 9.17) is 9.47 Å². The molecular formula is C18H23N3O3. The molecule has 128 valence electrons. The van der Waals surface area contributed by atoms with Gasteiger partial charge in [0, 0.05) is 12.8 Å². The molecule has 0 radical (unpaired) electrons. The minimum Gasteiger partial charge on any atom is -0.481 e. The van der Waals surface area contributed by atoms with Gasteiger partial charge in [0.05, 0.1) is 24.5 Å². The van der Waals surface area contributed by atoms with Gasteiger partial charge in [0.2, 0.25) is 0 Å². The topological polar surface area (TPSA) is 65.4 Å². The zero-order chi connectivity index (χ0) is 16.8. The lowest BCUT2D eigenvalue weighted by atomic mass is 10.1. The predicted octanol–water partition coefficient (Wildman–Crippen LogP) is 2.86. The summed E-state index contributed by atoms with van der Waals surface area (Å²) in [4.78, 5) is 12.2.